The summed E-state index contributed by atoms with van der Waals surface area (Å²) >= 11 is 3.37. The summed E-state index contributed by atoms with van der Waals surface area (Å²) in [5, 5.41) is 9.94. The molecule has 1 heterocycles. The molecule has 0 amide bonds. The molecule has 196 valence electrons. The van der Waals surface area contributed by atoms with Crippen LogP contribution in [0.2, 0.25) is 0 Å². The van der Waals surface area contributed by atoms with Crippen LogP contribution in [0.25, 0.3) is 0 Å². The molecular formula is C30H29BrN2O5. The van der Waals surface area contributed by atoms with Gasteiger partial charge in [0.25, 0.3) is 0 Å². The highest BCUT2D eigenvalue weighted by atomic mass is 79.9. The molecule has 0 radical (unpaired) electrons. The van der Waals surface area contributed by atoms with Gasteiger partial charge in [-0.05, 0) is 71.1 Å². The van der Waals surface area contributed by atoms with E-state index in [1.165, 1.54) is 0 Å². The lowest BCUT2D eigenvalue weighted by Crippen LogP contribution is -2.21. The first-order valence-electron chi connectivity index (χ1n) is 12.4. The molecule has 4 rings (SSSR count). The Morgan fingerprint density at radius 3 is 2.61 bits per heavy atom. The van der Waals surface area contributed by atoms with Crippen LogP contribution in [0.15, 0.2) is 76.6 Å². The van der Waals surface area contributed by atoms with E-state index in [0.717, 1.165) is 12.0 Å². The maximum absolute atomic E-state index is 12.7. The molecule has 8 heteroatoms. The first kappa shape index (κ1) is 27.1. The molecule has 38 heavy (non-hydrogen) atoms. The number of nitrogens with zero attached hydrogens (tertiary/aromatic N) is 1. The molecule has 1 unspecified atom stereocenters. The van der Waals surface area contributed by atoms with Gasteiger partial charge < -0.3 is 24.7 Å². The molecule has 3 aromatic carbocycles. The number of allylic oxidation sites excluding steroid dienone is 1. The SMILES string of the molecule is CCOc1cc(C2C(C#N)=C(N)Oc3cc(OC(=O)c4ccccc4Br)ccc32)ccc1OCCC(C)C. The van der Waals surface area contributed by atoms with Crippen LogP contribution >= 0.6 is 15.9 Å². The van der Waals surface area contributed by atoms with Crippen LogP contribution in [0.5, 0.6) is 23.0 Å². The summed E-state index contributed by atoms with van der Waals surface area (Å²) in [5.74, 6) is 1.44. The fourth-order valence-corrected chi connectivity index (χ4v) is 4.57. The number of carbonyl (C=O) groups excluding carboxylic acids is 1. The van der Waals surface area contributed by atoms with E-state index < -0.39 is 11.9 Å². The van der Waals surface area contributed by atoms with Gasteiger partial charge in [-0.25, -0.2) is 4.79 Å². The van der Waals surface area contributed by atoms with Crippen molar-refractivity contribution >= 4 is 21.9 Å². The van der Waals surface area contributed by atoms with Crippen molar-refractivity contribution in [3.05, 3.63) is 93.3 Å². The highest BCUT2D eigenvalue weighted by Crippen LogP contribution is 2.45. The van der Waals surface area contributed by atoms with Gasteiger partial charge in [0.1, 0.15) is 23.1 Å². The zero-order chi connectivity index (χ0) is 27.2. The molecule has 0 aromatic heterocycles. The van der Waals surface area contributed by atoms with Crippen molar-refractivity contribution in [1.29, 1.82) is 5.26 Å². The standard InChI is InChI=1S/C30H29BrN2O5/c1-4-35-27-15-19(9-12-25(27)36-14-13-18(2)3)28-22-11-10-20(16-26(22)38-29(33)23(28)17-32)37-30(34)21-7-5-6-8-24(21)31/h5-12,15-16,18,28H,4,13-14,33H2,1-3H3. The Bertz CT molecular complexity index is 1410. The van der Waals surface area contributed by atoms with E-state index in [1.54, 1.807) is 36.4 Å². The van der Waals surface area contributed by atoms with Gasteiger partial charge in [-0.15, -0.1) is 0 Å². The van der Waals surface area contributed by atoms with Crippen molar-refractivity contribution in [3.8, 4) is 29.1 Å². The summed E-state index contributed by atoms with van der Waals surface area (Å²) in [5.41, 5.74) is 8.37. The van der Waals surface area contributed by atoms with Crippen LogP contribution in [0.3, 0.4) is 0 Å². The highest BCUT2D eigenvalue weighted by Gasteiger charge is 2.32. The number of hydrogen-bond donors (Lipinski definition) is 1. The van der Waals surface area contributed by atoms with E-state index >= 15 is 0 Å². The summed E-state index contributed by atoms with van der Waals surface area (Å²) in [7, 11) is 0. The fourth-order valence-electron chi connectivity index (χ4n) is 4.13. The zero-order valence-corrected chi connectivity index (χ0v) is 23.1. The molecule has 7 nitrogen and oxygen atoms in total. The third kappa shape index (κ3) is 5.95. The molecule has 3 aromatic rings. The molecule has 1 atom stereocenters. The van der Waals surface area contributed by atoms with Crippen LogP contribution in [-0.2, 0) is 0 Å². The lowest BCUT2D eigenvalue weighted by atomic mass is 9.83. The Balaban J connectivity index is 1.67. The molecule has 1 aliphatic heterocycles. The Labute approximate surface area is 230 Å². The van der Waals surface area contributed by atoms with Crippen molar-refractivity contribution in [2.75, 3.05) is 13.2 Å². The van der Waals surface area contributed by atoms with Crippen molar-refractivity contribution in [1.82, 2.24) is 0 Å². The summed E-state index contributed by atoms with van der Waals surface area (Å²) in [6.45, 7) is 7.24. The van der Waals surface area contributed by atoms with Crippen LogP contribution in [0.1, 0.15) is 54.6 Å². The minimum Gasteiger partial charge on any atom is -0.490 e. The normalized spacial score (nSPS) is 14.4. The van der Waals surface area contributed by atoms with Crippen LogP contribution in [0.4, 0.5) is 0 Å². The number of ether oxygens (including phenoxy) is 4. The van der Waals surface area contributed by atoms with E-state index in [0.29, 0.717) is 57.7 Å². The Hall–Kier alpha value is -3.96. The predicted octanol–water partition coefficient (Wildman–Crippen LogP) is 6.71. The Morgan fingerprint density at radius 1 is 1.11 bits per heavy atom. The number of rotatable bonds is 9. The van der Waals surface area contributed by atoms with E-state index in [-0.39, 0.29) is 11.5 Å². The van der Waals surface area contributed by atoms with Gasteiger partial charge >= 0.3 is 5.97 Å². The molecule has 0 bridgehead atoms. The highest BCUT2D eigenvalue weighted by molar-refractivity contribution is 9.10. The number of nitrogens with two attached hydrogens (primary N) is 1. The first-order valence-corrected chi connectivity index (χ1v) is 13.2. The van der Waals surface area contributed by atoms with Gasteiger partial charge in [0.05, 0.1) is 24.7 Å². The molecule has 0 aliphatic carbocycles. The van der Waals surface area contributed by atoms with Gasteiger partial charge in [0, 0.05) is 16.1 Å². The van der Waals surface area contributed by atoms with E-state index in [9.17, 15) is 10.1 Å². The van der Waals surface area contributed by atoms with Gasteiger partial charge in [0.15, 0.2) is 11.5 Å². The molecule has 1 aliphatic rings. The number of fused-ring (bicyclic) bond motifs is 1. The van der Waals surface area contributed by atoms with Crippen LogP contribution in [-0.4, -0.2) is 19.2 Å². The van der Waals surface area contributed by atoms with Gasteiger partial charge in [-0.3, -0.25) is 0 Å². The fraction of sp³-hybridized carbons (Fsp3) is 0.267. The number of hydrogen-bond acceptors (Lipinski definition) is 7. The van der Waals surface area contributed by atoms with Crippen LogP contribution < -0.4 is 24.7 Å². The molecule has 0 saturated heterocycles. The van der Waals surface area contributed by atoms with Gasteiger partial charge in [-0.1, -0.05) is 38.1 Å². The lowest BCUT2D eigenvalue weighted by molar-refractivity contribution is 0.0733. The molecule has 0 fully saturated rings. The summed E-state index contributed by atoms with van der Waals surface area (Å²) < 4.78 is 23.9. The van der Waals surface area contributed by atoms with Crippen LogP contribution in [0, 0.1) is 17.2 Å². The Morgan fingerprint density at radius 2 is 1.89 bits per heavy atom. The number of carbonyl (C=O) groups is 1. The topological polar surface area (TPSA) is 104 Å². The summed E-state index contributed by atoms with van der Waals surface area (Å²) in [4.78, 5) is 12.7. The van der Waals surface area contributed by atoms with E-state index in [1.807, 2.05) is 31.2 Å². The quantitative estimate of drug-likeness (QED) is 0.223. The number of halogens is 1. The first-order chi connectivity index (χ1) is 18.3. The monoisotopic (exact) mass is 576 g/mol. The second-order valence-corrected chi connectivity index (χ2v) is 10.0. The zero-order valence-electron chi connectivity index (χ0n) is 21.5. The second-order valence-electron chi connectivity index (χ2n) is 9.16. The Kier molecular flexibility index (Phi) is 8.59. The third-order valence-corrected chi connectivity index (χ3v) is 6.74. The van der Waals surface area contributed by atoms with Crippen molar-refractivity contribution < 1.29 is 23.7 Å². The average Bonchev–Trinajstić information content (AvgIpc) is 2.88. The van der Waals surface area contributed by atoms with E-state index in [4.69, 9.17) is 24.7 Å². The van der Waals surface area contributed by atoms with Crippen molar-refractivity contribution in [2.45, 2.75) is 33.1 Å². The maximum Gasteiger partial charge on any atom is 0.344 e. The maximum atomic E-state index is 12.7. The summed E-state index contributed by atoms with van der Waals surface area (Å²) in [6.07, 6.45) is 0.923. The molecular weight excluding hydrogens is 548 g/mol. The molecule has 2 N–H and O–H groups in total. The van der Waals surface area contributed by atoms with Crippen molar-refractivity contribution in [3.63, 3.8) is 0 Å². The number of benzene rings is 3. The second kappa shape index (κ2) is 12.1. The molecule has 0 spiro atoms. The lowest BCUT2D eigenvalue weighted by Gasteiger charge is -2.27. The smallest absolute Gasteiger partial charge is 0.344 e. The van der Waals surface area contributed by atoms with Gasteiger partial charge in [0.2, 0.25) is 5.88 Å². The average molecular weight is 577 g/mol. The summed E-state index contributed by atoms with van der Waals surface area (Å²) in [6, 6.07) is 19.9. The number of esters is 1. The van der Waals surface area contributed by atoms with E-state index in [2.05, 4.69) is 35.8 Å². The molecule has 0 saturated carbocycles. The number of nitriles is 1. The minimum atomic E-state index is -0.513. The predicted molar refractivity (Wildman–Crippen MR) is 147 cm³/mol. The van der Waals surface area contributed by atoms with Crippen molar-refractivity contribution in [2.24, 2.45) is 11.7 Å². The minimum absolute atomic E-state index is 0.00509. The third-order valence-electron chi connectivity index (χ3n) is 6.05. The van der Waals surface area contributed by atoms with Gasteiger partial charge in [-0.2, -0.15) is 5.26 Å². The largest absolute Gasteiger partial charge is 0.490 e.